The van der Waals surface area contributed by atoms with Crippen LogP contribution < -0.4 is 0 Å². The van der Waals surface area contributed by atoms with E-state index < -0.39 is 0 Å². The normalized spacial score (nSPS) is 20.1. The van der Waals surface area contributed by atoms with Gasteiger partial charge in [-0.05, 0) is 11.1 Å². The van der Waals surface area contributed by atoms with E-state index in [1.807, 2.05) is 72.8 Å². The third kappa shape index (κ3) is 3.33. The van der Waals surface area contributed by atoms with E-state index in [0.717, 1.165) is 11.1 Å². The second-order valence-electron chi connectivity index (χ2n) is 4.93. The van der Waals surface area contributed by atoms with Crippen LogP contribution in [0.25, 0.3) is 23.6 Å². The van der Waals surface area contributed by atoms with E-state index >= 15 is 0 Å². The van der Waals surface area contributed by atoms with Crippen LogP contribution in [0.15, 0.2) is 60.7 Å². The minimum Gasteiger partial charge on any atom is -0.667 e. The van der Waals surface area contributed by atoms with Gasteiger partial charge in [-0.2, -0.15) is 0 Å². The van der Waals surface area contributed by atoms with E-state index in [-0.39, 0.29) is 28.6 Å². The summed E-state index contributed by atoms with van der Waals surface area (Å²) in [6.45, 7) is 0. The Bertz CT molecular complexity index is 617. The van der Waals surface area contributed by atoms with Crippen molar-refractivity contribution in [1.29, 1.82) is 0 Å². The van der Waals surface area contributed by atoms with Gasteiger partial charge in [-0.15, -0.1) is 0 Å². The molecular formula is C18H16N2Ni. The molecule has 2 aromatic carbocycles. The Labute approximate surface area is 135 Å². The van der Waals surface area contributed by atoms with E-state index in [1.54, 1.807) is 0 Å². The minimum atomic E-state index is -0.129. The fourth-order valence-electron chi connectivity index (χ4n) is 2.50. The third-order valence-electron chi connectivity index (χ3n) is 3.60. The van der Waals surface area contributed by atoms with Gasteiger partial charge < -0.3 is 11.5 Å². The first-order valence-corrected chi connectivity index (χ1v) is 6.72. The summed E-state index contributed by atoms with van der Waals surface area (Å²) >= 11 is 0. The summed E-state index contributed by atoms with van der Waals surface area (Å²) in [7, 11) is 0. The second kappa shape index (κ2) is 6.86. The SMILES string of the molecule is [NH-]C1C=Cc2ccccc21.[NH-]C1C=Cc2ccccc21.[Ni+2]. The zero-order valence-corrected chi connectivity index (χ0v) is 12.4. The first-order valence-electron chi connectivity index (χ1n) is 6.72. The van der Waals surface area contributed by atoms with Crippen LogP contribution in [-0.4, -0.2) is 0 Å². The summed E-state index contributed by atoms with van der Waals surface area (Å²) in [4.78, 5) is 0. The Kier molecular flexibility index (Phi) is 5.14. The average Bonchev–Trinajstić information content (AvgIpc) is 3.05. The van der Waals surface area contributed by atoms with Gasteiger partial charge in [0.1, 0.15) is 0 Å². The molecular weight excluding hydrogens is 303 g/mol. The maximum Gasteiger partial charge on any atom is 2.00 e. The smallest absolute Gasteiger partial charge is 0.667 e. The Hall–Kier alpha value is -1.67. The fraction of sp³-hybridized carbons (Fsp3) is 0.111. The van der Waals surface area contributed by atoms with Crippen LogP contribution in [0.3, 0.4) is 0 Å². The molecule has 4 rings (SSSR count). The van der Waals surface area contributed by atoms with Gasteiger partial charge in [-0.1, -0.05) is 96.0 Å². The van der Waals surface area contributed by atoms with Crippen LogP contribution in [0.5, 0.6) is 0 Å². The van der Waals surface area contributed by atoms with Crippen molar-refractivity contribution < 1.29 is 16.5 Å². The molecule has 0 aliphatic heterocycles. The minimum absolute atomic E-state index is 0. The molecule has 108 valence electrons. The molecule has 2 aliphatic carbocycles. The topological polar surface area (TPSA) is 47.6 Å². The van der Waals surface area contributed by atoms with Crippen molar-refractivity contribution in [3.63, 3.8) is 0 Å². The van der Waals surface area contributed by atoms with Crippen LogP contribution in [0, 0.1) is 0 Å². The molecule has 0 aromatic heterocycles. The molecule has 0 heterocycles. The van der Waals surface area contributed by atoms with E-state index in [9.17, 15) is 0 Å². The molecule has 2 aliphatic rings. The van der Waals surface area contributed by atoms with Crippen molar-refractivity contribution in [3.05, 3.63) is 94.4 Å². The zero-order chi connectivity index (χ0) is 13.9. The molecule has 3 heteroatoms. The molecule has 0 saturated heterocycles. The Morgan fingerprint density at radius 1 is 0.619 bits per heavy atom. The van der Waals surface area contributed by atoms with E-state index in [2.05, 4.69) is 0 Å². The van der Waals surface area contributed by atoms with Gasteiger partial charge in [0.2, 0.25) is 0 Å². The van der Waals surface area contributed by atoms with E-state index in [1.165, 1.54) is 11.1 Å². The zero-order valence-electron chi connectivity index (χ0n) is 11.4. The number of nitrogens with one attached hydrogen (secondary N) is 2. The van der Waals surface area contributed by atoms with Gasteiger partial charge in [0.25, 0.3) is 0 Å². The molecule has 0 amide bonds. The molecule has 21 heavy (non-hydrogen) atoms. The third-order valence-corrected chi connectivity index (χ3v) is 3.60. The van der Waals surface area contributed by atoms with Gasteiger partial charge >= 0.3 is 16.5 Å². The van der Waals surface area contributed by atoms with Crippen LogP contribution in [0.1, 0.15) is 34.3 Å². The molecule has 0 saturated carbocycles. The van der Waals surface area contributed by atoms with Crippen molar-refractivity contribution in [2.45, 2.75) is 12.1 Å². The molecule has 2 nitrogen and oxygen atoms in total. The molecule has 0 radical (unpaired) electrons. The molecule has 2 aromatic rings. The Balaban J connectivity index is 0.000000147. The monoisotopic (exact) mass is 318 g/mol. The van der Waals surface area contributed by atoms with Crippen LogP contribution >= 0.6 is 0 Å². The summed E-state index contributed by atoms with van der Waals surface area (Å²) in [5.41, 5.74) is 19.7. The van der Waals surface area contributed by atoms with Crippen molar-refractivity contribution >= 4 is 12.2 Å². The molecule has 0 spiro atoms. The number of hydrogen-bond donors (Lipinski definition) is 0. The van der Waals surface area contributed by atoms with Gasteiger partial charge in [0, 0.05) is 0 Å². The molecule has 2 unspecified atom stereocenters. The van der Waals surface area contributed by atoms with E-state index in [0.29, 0.717) is 0 Å². The predicted molar refractivity (Wildman–Crippen MR) is 85.1 cm³/mol. The van der Waals surface area contributed by atoms with Crippen LogP contribution in [0.4, 0.5) is 0 Å². The summed E-state index contributed by atoms with van der Waals surface area (Å²) < 4.78 is 0. The quantitative estimate of drug-likeness (QED) is 0.567. The van der Waals surface area contributed by atoms with Gasteiger partial charge in [0.15, 0.2) is 0 Å². The largest absolute Gasteiger partial charge is 2.00 e. The summed E-state index contributed by atoms with van der Waals surface area (Å²) in [5.74, 6) is 0. The Morgan fingerprint density at radius 2 is 1.00 bits per heavy atom. The molecule has 2 atom stereocenters. The first kappa shape index (κ1) is 15.7. The first-order chi connectivity index (χ1) is 9.75. The molecule has 0 bridgehead atoms. The predicted octanol–water partition coefficient (Wildman–Crippen LogP) is 5.61. The maximum absolute atomic E-state index is 7.53. The summed E-state index contributed by atoms with van der Waals surface area (Å²) in [6.07, 6.45) is 7.83. The van der Waals surface area contributed by atoms with Crippen molar-refractivity contribution in [3.8, 4) is 0 Å². The average molecular weight is 319 g/mol. The second-order valence-corrected chi connectivity index (χ2v) is 4.93. The fourth-order valence-corrected chi connectivity index (χ4v) is 2.50. The van der Waals surface area contributed by atoms with Gasteiger partial charge in [0.05, 0.1) is 0 Å². The number of fused-ring (bicyclic) bond motifs is 2. The number of hydrogen-bond acceptors (Lipinski definition) is 0. The van der Waals surface area contributed by atoms with E-state index in [4.69, 9.17) is 11.5 Å². The Morgan fingerprint density at radius 3 is 1.38 bits per heavy atom. The van der Waals surface area contributed by atoms with Crippen molar-refractivity contribution in [2.24, 2.45) is 0 Å². The van der Waals surface area contributed by atoms with Gasteiger partial charge in [-0.25, -0.2) is 0 Å². The molecule has 2 N–H and O–H groups in total. The number of benzene rings is 2. The van der Waals surface area contributed by atoms with Crippen LogP contribution in [0.2, 0.25) is 0 Å². The van der Waals surface area contributed by atoms with Crippen LogP contribution in [-0.2, 0) is 16.5 Å². The standard InChI is InChI=1S/2C9H8N.Ni/c2*10-9-6-5-7-3-1-2-4-8(7)9;/h2*1-6,9-10H;/q2*-1;+2. The summed E-state index contributed by atoms with van der Waals surface area (Å²) in [6, 6.07) is 15.8. The van der Waals surface area contributed by atoms with Crippen molar-refractivity contribution in [1.82, 2.24) is 0 Å². The number of rotatable bonds is 0. The van der Waals surface area contributed by atoms with Crippen molar-refractivity contribution in [2.75, 3.05) is 0 Å². The van der Waals surface area contributed by atoms with Gasteiger partial charge in [-0.3, -0.25) is 0 Å². The maximum atomic E-state index is 7.53. The molecule has 0 fully saturated rings. The summed E-state index contributed by atoms with van der Waals surface area (Å²) in [5, 5.41) is 0.